The zero-order chi connectivity index (χ0) is 20.5. The second-order valence-corrected chi connectivity index (χ2v) is 7.64. The smallest absolute Gasteiger partial charge is 0.246 e. The van der Waals surface area contributed by atoms with Gasteiger partial charge in [0.25, 0.3) is 0 Å². The molecule has 5 heteroatoms. The van der Waals surface area contributed by atoms with Crippen LogP contribution < -0.4 is 4.90 Å². The van der Waals surface area contributed by atoms with E-state index in [-0.39, 0.29) is 12.5 Å². The molecule has 2 heterocycles. The van der Waals surface area contributed by atoms with Gasteiger partial charge in [-0.1, -0.05) is 60.7 Å². The molecule has 1 aliphatic rings. The highest BCUT2D eigenvalue weighted by molar-refractivity contribution is 5.95. The van der Waals surface area contributed by atoms with Crippen LogP contribution in [0.5, 0.6) is 0 Å². The summed E-state index contributed by atoms with van der Waals surface area (Å²) in [6.07, 6.45) is 1.04. The third kappa shape index (κ3) is 3.27. The fourth-order valence-electron chi connectivity index (χ4n) is 4.27. The number of hydrogen-bond acceptors (Lipinski definition) is 3. The Balaban J connectivity index is 1.54. The quantitative estimate of drug-likeness (QED) is 0.564. The maximum atomic E-state index is 13.4. The van der Waals surface area contributed by atoms with Gasteiger partial charge in [-0.25, -0.2) is 4.98 Å². The van der Waals surface area contributed by atoms with Crippen molar-refractivity contribution >= 4 is 22.6 Å². The molecule has 0 spiro atoms. The largest absolute Gasteiger partial charge is 0.380 e. The average molecular weight is 397 g/mol. The zero-order valence-electron chi connectivity index (χ0n) is 16.6. The van der Waals surface area contributed by atoms with E-state index in [1.807, 2.05) is 82.3 Å². The summed E-state index contributed by atoms with van der Waals surface area (Å²) < 4.78 is 1.85. The van der Waals surface area contributed by atoms with Crippen molar-refractivity contribution in [2.45, 2.75) is 25.5 Å². The molecular formula is C25H23N3O2. The Morgan fingerprint density at radius 2 is 1.70 bits per heavy atom. The Morgan fingerprint density at radius 1 is 0.967 bits per heavy atom. The molecule has 1 unspecified atom stereocenters. The van der Waals surface area contributed by atoms with E-state index < -0.39 is 6.10 Å². The molecule has 1 aromatic heterocycles. The molecule has 5 nitrogen and oxygen atoms in total. The van der Waals surface area contributed by atoms with Crippen LogP contribution in [0.2, 0.25) is 0 Å². The molecule has 0 saturated carbocycles. The predicted molar refractivity (Wildman–Crippen MR) is 117 cm³/mol. The van der Waals surface area contributed by atoms with E-state index in [0.29, 0.717) is 12.4 Å². The number of aliphatic hydroxyl groups is 1. The number of fused-ring (bicyclic) bond motifs is 2. The van der Waals surface area contributed by atoms with E-state index in [9.17, 15) is 9.90 Å². The fraction of sp³-hybridized carbons (Fsp3) is 0.200. The van der Waals surface area contributed by atoms with Crippen LogP contribution in [0, 0.1) is 0 Å². The van der Waals surface area contributed by atoms with E-state index in [1.165, 1.54) is 5.56 Å². The summed E-state index contributed by atoms with van der Waals surface area (Å²) in [6.45, 7) is 0.840. The van der Waals surface area contributed by atoms with Crippen molar-refractivity contribution in [3.05, 3.63) is 95.8 Å². The van der Waals surface area contributed by atoms with Gasteiger partial charge in [-0.2, -0.15) is 0 Å². The summed E-state index contributed by atoms with van der Waals surface area (Å²) in [7, 11) is 0. The van der Waals surface area contributed by atoms with Crippen molar-refractivity contribution < 1.29 is 9.90 Å². The third-order valence-corrected chi connectivity index (χ3v) is 5.75. The first-order valence-corrected chi connectivity index (χ1v) is 10.3. The molecule has 5 rings (SSSR count). The molecule has 4 aromatic rings. The van der Waals surface area contributed by atoms with Crippen molar-refractivity contribution in [2.75, 3.05) is 11.4 Å². The first-order chi connectivity index (χ1) is 14.7. The number of aryl methyl sites for hydroxylation is 1. The fourth-order valence-corrected chi connectivity index (χ4v) is 4.27. The lowest BCUT2D eigenvalue weighted by atomic mass is 10.0. The van der Waals surface area contributed by atoms with E-state index in [1.54, 1.807) is 0 Å². The number of amides is 1. The second-order valence-electron chi connectivity index (χ2n) is 7.64. The summed E-state index contributed by atoms with van der Waals surface area (Å²) in [6, 6.07) is 25.2. The minimum Gasteiger partial charge on any atom is -0.380 e. The van der Waals surface area contributed by atoms with Gasteiger partial charge >= 0.3 is 0 Å². The van der Waals surface area contributed by atoms with Gasteiger partial charge in [-0.15, -0.1) is 0 Å². The predicted octanol–water partition coefficient (Wildman–Crippen LogP) is 4.10. The number of benzene rings is 3. The maximum Gasteiger partial charge on any atom is 0.246 e. The lowest BCUT2D eigenvalue weighted by molar-refractivity contribution is -0.119. The second kappa shape index (κ2) is 7.76. The molecule has 0 saturated heterocycles. The van der Waals surface area contributed by atoms with Crippen LogP contribution in [0.1, 0.15) is 29.5 Å². The molecule has 0 bridgehead atoms. The van der Waals surface area contributed by atoms with Crippen LogP contribution in [0.3, 0.4) is 0 Å². The topological polar surface area (TPSA) is 58.4 Å². The first kappa shape index (κ1) is 18.6. The number of aromatic nitrogens is 2. The highest BCUT2D eigenvalue weighted by Gasteiger charge is 2.26. The molecule has 30 heavy (non-hydrogen) atoms. The summed E-state index contributed by atoms with van der Waals surface area (Å²) in [5, 5.41) is 11.0. The van der Waals surface area contributed by atoms with Gasteiger partial charge in [0.2, 0.25) is 5.91 Å². The number of aliphatic hydroxyl groups excluding tert-OH is 1. The monoisotopic (exact) mass is 397 g/mol. The van der Waals surface area contributed by atoms with Gasteiger partial charge in [0, 0.05) is 12.2 Å². The SMILES string of the molecule is O=C(Cn1c(C(O)c2ccccc2)nc2ccccc21)N1CCCc2ccccc21. The molecule has 1 N–H and O–H groups in total. The molecule has 1 aliphatic heterocycles. The van der Waals surface area contributed by atoms with Crippen molar-refractivity contribution in [1.29, 1.82) is 0 Å². The standard InChI is InChI=1S/C25H23N3O2/c29-23(27-16-8-12-18-9-4-6-14-21(18)27)17-28-22-15-7-5-13-20(22)26-25(28)24(30)19-10-2-1-3-11-19/h1-7,9-11,13-15,24,30H,8,12,16-17H2. The van der Waals surface area contributed by atoms with Gasteiger partial charge in [0.05, 0.1) is 11.0 Å². The van der Waals surface area contributed by atoms with Crippen molar-refractivity contribution in [2.24, 2.45) is 0 Å². The van der Waals surface area contributed by atoms with Crippen LogP contribution in [0.15, 0.2) is 78.9 Å². The number of imidazole rings is 1. The Kier molecular flexibility index (Phi) is 4.81. The van der Waals surface area contributed by atoms with Crippen molar-refractivity contribution in [3.63, 3.8) is 0 Å². The van der Waals surface area contributed by atoms with Crippen LogP contribution >= 0.6 is 0 Å². The highest BCUT2D eigenvalue weighted by atomic mass is 16.3. The number of nitrogens with zero attached hydrogens (tertiary/aromatic N) is 3. The zero-order valence-corrected chi connectivity index (χ0v) is 16.6. The van der Waals surface area contributed by atoms with Gasteiger partial charge < -0.3 is 14.6 Å². The Labute approximate surface area is 175 Å². The Hall–Kier alpha value is -3.44. The summed E-state index contributed by atoms with van der Waals surface area (Å²) >= 11 is 0. The minimum atomic E-state index is -0.903. The first-order valence-electron chi connectivity index (χ1n) is 10.3. The van der Waals surface area contributed by atoms with Gasteiger partial charge in [0.1, 0.15) is 18.5 Å². The van der Waals surface area contributed by atoms with Crippen molar-refractivity contribution in [3.8, 4) is 0 Å². The number of hydrogen-bond donors (Lipinski definition) is 1. The number of para-hydroxylation sites is 3. The summed E-state index contributed by atoms with van der Waals surface area (Å²) in [5.74, 6) is 0.493. The number of carbonyl (C=O) groups excluding carboxylic acids is 1. The van der Waals surface area contributed by atoms with Gasteiger partial charge in [-0.05, 0) is 42.2 Å². The van der Waals surface area contributed by atoms with Crippen LogP contribution in [-0.4, -0.2) is 27.1 Å². The van der Waals surface area contributed by atoms with Crippen LogP contribution in [-0.2, 0) is 17.8 Å². The molecule has 3 aromatic carbocycles. The van der Waals surface area contributed by atoms with Gasteiger partial charge in [-0.3, -0.25) is 4.79 Å². The lowest BCUT2D eigenvalue weighted by Gasteiger charge is -2.30. The van der Waals surface area contributed by atoms with Gasteiger partial charge in [0.15, 0.2) is 0 Å². The normalized spacial score (nSPS) is 14.5. The molecule has 0 fully saturated rings. The number of anilines is 1. The molecule has 150 valence electrons. The molecule has 0 aliphatic carbocycles. The molecule has 1 atom stereocenters. The molecule has 0 radical (unpaired) electrons. The van der Waals surface area contributed by atoms with Crippen molar-refractivity contribution in [1.82, 2.24) is 9.55 Å². The number of rotatable bonds is 4. The molecule has 1 amide bonds. The summed E-state index contributed by atoms with van der Waals surface area (Å²) in [5.41, 5.74) is 4.57. The Morgan fingerprint density at radius 3 is 2.57 bits per heavy atom. The van der Waals surface area contributed by atoms with Crippen LogP contribution in [0.25, 0.3) is 11.0 Å². The minimum absolute atomic E-state index is 0.00631. The highest BCUT2D eigenvalue weighted by Crippen LogP contribution is 2.29. The summed E-state index contributed by atoms with van der Waals surface area (Å²) in [4.78, 5) is 19.9. The lowest BCUT2D eigenvalue weighted by Crippen LogP contribution is -2.38. The Bertz CT molecular complexity index is 1200. The number of carbonyl (C=O) groups is 1. The van der Waals surface area contributed by atoms with E-state index in [0.717, 1.165) is 35.1 Å². The van der Waals surface area contributed by atoms with E-state index in [2.05, 4.69) is 11.1 Å². The van der Waals surface area contributed by atoms with E-state index in [4.69, 9.17) is 0 Å². The maximum absolute atomic E-state index is 13.4. The van der Waals surface area contributed by atoms with E-state index >= 15 is 0 Å². The molecular weight excluding hydrogens is 374 g/mol. The average Bonchev–Trinajstić information content (AvgIpc) is 3.17. The van der Waals surface area contributed by atoms with Crippen LogP contribution in [0.4, 0.5) is 5.69 Å². The third-order valence-electron chi connectivity index (χ3n) is 5.75.